The van der Waals surface area contributed by atoms with Crippen molar-refractivity contribution in [1.29, 1.82) is 0 Å². The number of nitrogens with zero attached hydrogens (tertiary/aromatic N) is 3. The van der Waals surface area contributed by atoms with Crippen LogP contribution in [0, 0.1) is 6.92 Å². The third-order valence-electron chi connectivity index (χ3n) is 3.90. The Labute approximate surface area is 130 Å². The number of aromatic nitrogens is 2. The van der Waals surface area contributed by atoms with Crippen LogP contribution in [0.3, 0.4) is 0 Å². The maximum Gasteiger partial charge on any atom is 0.131 e. The van der Waals surface area contributed by atoms with E-state index in [1.807, 2.05) is 0 Å². The molecule has 0 aliphatic rings. The van der Waals surface area contributed by atoms with Gasteiger partial charge in [-0.25, -0.2) is 0 Å². The van der Waals surface area contributed by atoms with Crippen molar-refractivity contribution in [2.24, 2.45) is 7.05 Å². The SMILES string of the molecule is CCCCCN(c1c(CNC(C)C)c(C)nn1C)C(C)C. The third-order valence-corrected chi connectivity index (χ3v) is 3.90. The maximum absolute atomic E-state index is 4.66. The van der Waals surface area contributed by atoms with Crippen LogP contribution in [0.25, 0.3) is 0 Å². The molecular weight excluding hydrogens is 260 g/mol. The molecule has 1 aromatic rings. The summed E-state index contributed by atoms with van der Waals surface area (Å²) in [4.78, 5) is 2.51. The van der Waals surface area contributed by atoms with Gasteiger partial charge in [-0.3, -0.25) is 4.68 Å². The van der Waals surface area contributed by atoms with Gasteiger partial charge in [0.2, 0.25) is 0 Å². The molecule has 122 valence electrons. The number of rotatable bonds is 9. The zero-order valence-electron chi connectivity index (χ0n) is 15.0. The average Bonchev–Trinajstić information content (AvgIpc) is 2.66. The first-order valence-electron chi connectivity index (χ1n) is 8.40. The third kappa shape index (κ3) is 5.03. The molecule has 0 aromatic carbocycles. The summed E-state index contributed by atoms with van der Waals surface area (Å²) in [5, 5.41) is 8.19. The average molecular weight is 294 g/mol. The quantitative estimate of drug-likeness (QED) is 0.706. The standard InChI is InChI=1S/C17H34N4/c1-8-9-10-11-21(14(4)5)17-16(12-18-13(2)3)15(6)19-20(17)7/h13-14,18H,8-12H2,1-7H3. The Bertz CT molecular complexity index is 421. The Balaban J connectivity index is 2.99. The topological polar surface area (TPSA) is 33.1 Å². The molecule has 4 nitrogen and oxygen atoms in total. The first-order valence-corrected chi connectivity index (χ1v) is 8.40. The molecule has 1 heterocycles. The molecule has 0 saturated heterocycles. The lowest BCUT2D eigenvalue weighted by Gasteiger charge is -2.30. The van der Waals surface area contributed by atoms with Gasteiger partial charge in [0.1, 0.15) is 5.82 Å². The van der Waals surface area contributed by atoms with E-state index in [4.69, 9.17) is 0 Å². The highest BCUT2D eigenvalue weighted by molar-refractivity contribution is 5.51. The summed E-state index contributed by atoms with van der Waals surface area (Å²) in [7, 11) is 2.07. The highest BCUT2D eigenvalue weighted by Gasteiger charge is 2.21. The lowest BCUT2D eigenvalue weighted by molar-refractivity contribution is 0.575. The van der Waals surface area contributed by atoms with Crippen molar-refractivity contribution < 1.29 is 0 Å². The van der Waals surface area contributed by atoms with Crippen molar-refractivity contribution in [2.75, 3.05) is 11.4 Å². The van der Waals surface area contributed by atoms with Crippen LogP contribution in [0.2, 0.25) is 0 Å². The van der Waals surface area contributed by atoms with E-state index in [-0.39, 0.29) is 0 Å². The molecule has 0 atom stereocenters. The molecule has 4 heteroatoms. The second-order valence-corrected chi connectivity index (χ2v) is 6.54. The second-order valence-electron chi connectivity index (χ2n) is 6.54. The molecule has 1 aromatic heterocycles. The molecule has 0 fully saturated rings. The zero-order valence-corrected chi connectivity index (χ0v) is 15.0. The molecule has 1 N–H and O–H groups in total. The van der Waals surface area contributed by atoms with Gasteiger partial charge in [-0.2, -0.15) is 5.10 Å². The van der Waals surface area contributed by atoms with Crippen LogP contribution in [0.1, 0.15) is 65.1 Å². The predicted octanol–water partition coefficient (Wildman–Crippen LogP) is 3.63. The number of unbranched alkanes of at least 4 members (excludes halogenated alkanes) is 2. The lowest BCUT2D eigenvalue weighted by Crippen LogP contribution is -2.35. The number of nitrogens with one attached hydrogen (secondary N) is 1. The summed E-state index contributed by atoms with van der Waals surface area (Å²) in [6, 6.07) is 0.986. The van der Waals surface area contributed by atoms with Gasteiger partial charge >= 0.3 is 0 Å². The van der Waals surface area contributed by atoms with Gasteiger partial charge in [0.15, 0.2) is 0 Å². The van der Waals surface area contributed by atoms with Crippen molar-refractivity contribution in [3.05, 3.63) is 11.3 Å². The van der Waals surface area contributed by atoms with E-state index >= 15 is 0 Å². The summed E-state index contributed by atoms with van der Waals surface area (Å²) >= 11 is 0. The van der Waals surface area contributed by atoms with E-state index in [2.05, 4.69) is 68.6 Å². The van der Waals surface area contributed by atoms with Crippen LogP contribution in [0.15, 0.2) is 0 Å². The smallest absolute Gasteiger partial charge is 0.131 e. The molecule has 0 spiro atoms. The van der Waals surface area contributed by atoms with E-state index in [1.54, 1.807) is 0 Å². The monoisotopic (exact) mass is 294 g/mol. The fourth-order valence-electron chi connectivity index (χ4n) is 2.70. The van der Waals surface area contributed by atoms with Crippen LogP contribution in [0.5, 0.6) is 0 Å². The molecule has 0 bridgehead atoms. The molecule has 0 aliphatic carbocycles. The zero-order chi connectivity index (χ0) is 16.0. The summed E-state index contributed by atoms with van der Waals surface area (Å²) in [5.74, 6) is 1.28. The van der Waals surface area contributed by atoms with Crippen molar-refractivity contribution in [3.63, 3.8) is 0 Å². The Kier molecular flexibility index (Phi) is 7.23. The largest absolute Gasteiger partial charge is 0.354 e. The van der Waals surface area contributed by atoms with Crippen molar-refractivity contribution in [2.45, 2.75) is 79.4 Å². The van der Waals surface area contributed by atoms with Gasteiger partial charge in [0, 0.05) is 37.8 Å². The molecule has 0 saturated carbocycles. The molecule has 0 unspecified atom stereocenters. The Morgan fingerprint density at radius 2 is 1.86 bits per heavy atom. The van der Waals surface area contributed by atoms with Crippen LogP contribution >= 0.6 is 0 Å². The van der Waals surface area contributed by atoms with Gasteiger partial charge in [-0.15, -0.1) is 0 Å². The normalized spacial score (nSPS) is 11.7. The Morgan fingerprint density at radius 3 is 2.38 bits per heavy atom. The highest BCUT2D eigenvalue weighted by atomic mass is 15.4. The van der Waals surface area contributed by atoms with Crippen LogP contribution in [0.4, 0.5) is 5.82 Å². The Hall–Kier alpha value is -1.03. The minimum Gasteiger partial charge on any atom is -0.354 e. The van der Waals surface area contributed by atoms with Gasteiger partial charge in [-0.05, 0) is 27.2 Å². The fourth-order valence-corrected chi connectivity index (χ4v) is 2.70. The van der Waals surface area contributed by atoms with E-state index in [1.165, 1.54) is 30.6 Å². The van der Waals surface area contributed by atoms with E-state index in [9.17, 15) is 0 Å². The minimum absolute atomic E-state index is 0.491. The molecular formula is C17H34N4. The van der Waals surface area contributed by atoms with E-state index < -0.39 is 0 Å². The summed E-state index contributed by atoms with van der Waals surface area (Å²) in [6.07, 6.45) is 3.80. The number of anilines is 1. The van der Waals surface area contributed by atoms with Crippen LogP contribution in [-0.4, -0.2) is 28.4 Å². The number of aryl methyl sites for hydroxylation is 2. The van der Waals surface area contributed by atoms with Crippen molar-refractivity contribution >= 4 is 5.82 Å². The van der Waals surface area contributed by atoms with E-state index in [0.29, 0.717) is 12.1 Å². The van der Waals surface area contributed by atoms with Crippen LogP contribution in [-0.2, 0) is 13.6 Å². The van der Waals surface area contributed by atoms with Gasteiger partial charge in [0.05, 0.1) is 5.69 Å². The van der Waals surface area contributed by atoms with Crippen LogP contribution < -0.4 is 10.2 Å². The molecule has 0 radical (unpaired) electrons. The predicted molar refractivity (Wildman–Crippen MR) is 91.9 cm³/mol. The minimum atomic E-state index is 0.491. The molecule has 0 amide bonds. The van der Waals surface area contributed by atoms with E-state index in [0.717, 1.165) is 18.8 Å². The molecule has 0 aliphatic heterocycles. The summed E-state index contributed by atoms with van der Waals surface area (Å²) in [6.45, 7) is 15.3. The first-order chi connectivity index (χ1) is 9.88. The van der Waals surface area contributed by atoms with Crippen molar-refractivity contribution in [1.82, 2.24) is 15.1 Å². The number of hydrogen-bond donors (Lipinski definition) is 1. The second kappa shape index (κ2) is 8.42. The first kappa shape index (κ1) is 18.0. The van der Waals surface area contributed by atoms with Gasteiger partial charge < -0.3 is 10.2 Å². The molecule has 1 rings (SSSR count). The molecule has 21 heavy (non-hydrogen) atoms. The van der Waals surface area contributed by atoms with Gasteiger partial charge in [0.25, 0.3) is 0 Å². The summed E-state index contributed by atoms with van der Waals surface area (Å²) in [5.41, 5.74) is 2.48. The van der Waals surface area contributed by atoms with Crippen molar-refractivity contribution in [3.8, 4) is 0 Å². The number of hydrogen-bond acceptors (Lipinski definition) is 3. The fraction of sp³-hybridized carbons (Fsp3) is 0.824. The maximum atomic E-state index is 4.66. The van der Waals surface area contributed by atoms with Gasteiger partial charge in [-0.1, -0.05) is 33.6 Å². The lowest BCUT2D eigenvalue weighted by atomic mass is 10.1. The Morgan fingerprint density at radius 1 is 1.19 bits per heavy atom. The highest BCUT2D eigenvalue weighted by Crippen LogP contribution is 2.25. The summed E-state index contributed by atoms with van der Waals surface area (Å²) < 4.78 is 2.05.